The van der Waals surface area contributed by atoms with Crippen molar-refractivity contribution in [2.45, 2.75) is 5.03 Å². The number of carboxylic acid groups (broad SMARTS) is 1. The lowest BCUT2D eigenvalue weighted by Crippen LogP contribution is -2.15. The number of aliphatic carboxylic acids is 1. The van der Waals surface area contributed by atoms with Crippen molar-refractivity contribution in [1.82, 2.24) is 4.98 Å². The van der Waals surface area contributed by atoms with Gasteiger partial charge >= 0.3 is 5.97 Å². The number of thioether (sulfide) groups is 1. The Kier molecular flexibility index (Phi) is 3.16. The van der Waals surface area contributed by atoms with Gasteiger partial charge in [0.25, 0.3) is 0 Å². The van der Waals surface area contributed by atoms with E-state index in [1.165, 1.54) is 11.8 Å². The summed E-state index contributed by atoms with van der Waals surface area (Å²) in [5, 5.41) is 11.3. The number of fused-ring (bicyclic) bond motifs is 2. The zero-order chi connectivity index (χ0) is 13.2. The molecule has 0 bridgehead atoms. The highest BCUT2D eigenvalue weighted by Gasteiger charge is 2.15. The summed E-state index contributed by atoms with van der Waals surface area (Å²) < 4.78 is 11.1. The summed E-state index contributed by atoms with van der Waals surface area (Å²) in [6.45, 7) is 1.07. The fraction of sp³-hybridized carbons (Fsp3) is 0.231. The molecule has 0 saturated carbocycles. The molecule has 0 saturated heterocycles. The molecule has 2 heterocycles. The van der Waals surface area contributed by atoms with Gasteiger partial charge in [0.1, 0.15) is 18.2 Å². The average molecular weight is 277 g/mol. The summed E-state index contributed by atoms with van der Waals surface area (Å²) in [7, 11) is 0. The number of carboxylic acids is 1. The van der Waals surface area contributed by atoms with Crippen LogP contribution in [0.15, 0.2) is 29.4 Å². The molecular formula is C13H11NO4S. The van der Waals surface area contributed by atoms with Crippen LogP contribution in [0.4, 0.5) is 0 Å². The molecule has 0 radical (unpaired) electrons. The monoisotopic (exact) mass is 277 g/mol. The van der Waals surface area contributed by atoms with Gasteiger partial charge in [0, 0.05) is 11.6 Å². The number of benzene rings is 1. The van der Waals surface area contributed by atoms with Gasteiger partial charge in [0.05, 0.1) is 5.75 Å². The number of ether oxygens (including phenoxy) is 2. The van der Waals surface area contributed by atoms with E-state index >= 15 is 0 Å². The number of hydrogen-bond acceptors (Lipinski definition) is 5. The fourth-order valence-corrected chi connectivity index (χ4v) is 2.66. The van der Waals surface area contributed by atoms with Gasteiger partial charge < -0.3 is 14.6 Å². The molecule has 1 N–H and O–H groups in total. The molecule has 0 fully saturated rings. The quantitative estimate of drug-likeness (QED) is 0.867. The second kappa shape index (κ2) is 4.97. The Bertz CT molecular complexity index is 644. The molecule has 1 aliphatic heterocycles. The van der Waals surface area contributed by atoms with Crippen LogP contribution in [0, 0.1) is 0 Å². The number of aromatic nitrogens is 1. The van der Waals surface area contributed by atoms with Crippen molar-refractivity contribution in [2.75, 3.05) is 19.0 Å². The van der Waals surface area contributed by atoms with E-state index in [-0.39, 0.29) is 5.75 Å². The lowest BCUT2D eigenvalue weighted by atomic mass is 10.1. The molecule has 0 atom stereocenters. The molecule has 6 heteroatoms. The zero-order valence-electron chi connectivity index (χ0n) is 9.96. The number of hydrogen-bond donors (Lipinski definition) is 1. The number of pyridine rings is 1. The van der Waals surface area contributed by atoms with E-state index in [4.69, 9.17) is 14.6 Å². The summed E-state index contributed by atoms with van der Waals surface area (Å²) in [5.74, 6) is 0.532. The van der Waals surface area contributed by atoms with Crippen LogP contribution in [-0.2, 0) is 4.79 Å². The van der Waals surface area contributed by atoms with E-state index < -0.39 is 5.97 Å². The van der Waals surface area contributed by atoms with Crippen molar-refractivity contribution in [3.05, 3.63) is 24.4 Å². The molecule has 98 valence electrons. The van der Waals surface area contributed by atoms with Gasteiger partial charge in [-0.25, -0.2) is 4.98 Å². The summed E-state index contributed by atoms with van der Waals surface area (Å²) >= 11 is 1.20. The van der Waals surface area contributed by atoms with Crippen molar-refractivity contribution in [3.63, 3.8) is 0 Å². The summed E-state index contributed by atoms with van der Waals surface area (Å²) in [5.41, 5.74) is 0. The topological polar surface area (TPSA) is 68.7 Å². The Morgan fingerprint density at radius 3 is 2.79 bits per heavy atom. The van der Waals surface area contributed by atoms with Crippen LogP contribution in [0.5, 0.6) is 11.5 Å². The molecule has 1 aromatic carbocycles. The van der Waals surface area contributed by atoms with Crippen molar-refractivity contribution >= 4 is 28.5 Å². The van der Waals surface area contributed by atoms with Crippen LogP contribution >= 0.6 is 11.8 Å². The maximum Gasteiger partial charge on any atom is 0.313 e. The van der Waals surface area contributed by atoms with Gasteiger partial charge in [-0.1, -0.05) is 11.8 Å². The lowest BCUT2D eigenvalue weighted by Gasteiger charge is -2.19. The van der Waals surface area contributed by atoms with Gasteiger partial charge in [0.2, 0.25) is 0 Å². The van der Waals surface area contributed by atoms with Gasteiger partial charge in [-0.2, -0.15) is 0 Å². The predicted molar refractivity (Wildman–Crippen MR) is 71.1 cm³/mol. The van der Waals surface area contributed by atoms with Crippen molar-refractivity contribution in [3.8, 4) is 11.5 Å². The summed E-state index contributed by atoms with van der Waals surface area (Å²) in [6.07, 6.45) is 1.67. The molecule has 0 spiro atoms. The Morgan fingerprint density at radius 2 is 2.05 bits per heavy atom. The van der Waals surface area contributed by atoms with E-state index in [1.807, 2.05) is 18.2 Å². The minimum atomic E-state index is -0.860. The largest absolute Gasteiger partial charge is 0.486 e. The normalized spacial score (nSPS) is 13.5. The zero-order valence-corrected chi connectivity index (χ0v) is 10.8. The van der Waals surface area contributed by atoms with Gasteiger partial charge in [-0.15, -0.1) is 0 Å². The highest BCUT2D eigenvalue weighted by molar-refractivity contribution is 8.00. The summed E-state index contributed by atoms with van der Waals surface area (Å²) in [6, 6.07) is 5.63. The minimum absolute atomic E-state index is 0.0133. The smallest absolute Gasteiger partial charge is 0.313 e. The average Bonchev–Trinajstić information content (AvgIpc) is 2.42. The first-order chi connectivity index (χ1) is 9.24. The molecule has 0 unspecified atom stereocenters. The van der Waals surface area contributed by atoms with Crippen molar-refractivity contribution in [2.24, 2.45) is 0 Å². The van der Waals surface area contributed by atoms with Gasteiger partial charge in [-0.3, -0.25) is 4.79 Å². The Hall–Kier alpha value is -1.95. The summed E-state index contributed by atoms with van der Waals surface area (Å²) in [4.78, 5) is 14.9. The molecule has 1 aliphatic rings. The maximum atomic E-state index is 10.6. The standard InChI is InChI=1S/C13H11NO4S/c15-12(16)7-19-13-9-6-11-10(17-3-4-18-11)5-8(9)1-2-14-13/h1-2,5-6H,3-4,7H2,(H,15,16). The molecule has 0 aliphatic carbocycles. The molecule has 0 amide bonds. The van der Waals surface area contributed by atoms with Crippen LogP contribution in [0.3, 0.4) is 0 Å². The lowest BCUT2D eigenvalue weighted by molar-refractivity contribution is -0.133. The first kappa shape index (κ1) is 12.1. The number of nitrogens with zero attached hydrogens (tertiary/aromatic N) is 1. The van der Waals surface area contributed by atoms with Crippen molar-refractivity contribution < 1.29 is 19.4 Å². The first-order valence-electron chi connectivity index (χ1n) is 5.77. The molecule has 19 heavy (non-hydrogen) atoms. The van der Waals surface area contributed by atoms with Gasteiger partial charge in [-0.05, 0) is 23.6 Å². The Labute approximate surface area is 113 Å². The third-order valence-electron chi connectivity index (χ3n) is 2.72. The molecule has 3 rings (SSSR count). The van der Waals surface area contributed by atoms with Crippen LogP contribution in [-0.4, -0.2) is 35.0 Å². The van der Waals surface area contributed by atoms with E-state index in [0.717, 1.165) is 16.5 Å². The van der Waals surface area contributed by atoms with Crippen LogP contribution in [0.25, 0.3) is 10.8 Å². The molecular weight excluding hydrogens is 266 g/mol. The molecule has 5 nitrogen and oxygen atoms in total. The second-order valence-corrected chi connectivity index (χ2v) is 4.98. The predicted octanol–water partition coefficient (Wildman–Crippen LogP) is 2.18. The third kappa shape index (κ3) is 2.44. The SMILES string of the molecule is O=C(O)CSc1nccc2cc3c(cc12)OCCO3. The van der Waals surface area contributed by atoms with E-state index in [0.29, 0.717) is 24.0 Å². The maximum absolute atomic E-state index is 10.6. The molecule has 1 aromatic heterocycles. The molecule has 2 aromatic rings. The van der Waals surface area contributed by atoms with E-state index in [1.54, 1.807) is 6.20 Å². The first-order valence-corrected chi connectivity index (χ1v) is 6.75. The van der Waals surface area contributed by atoms with Crippen molar-refractivity contribution in [1.29, 1.82) is 0 Å². The van der Waals surface area contributed by atoms with Crippen LogP contribution < -0.4 is 9.47 Å². The van der Waals surface area contributed by atoms with E-state index in [9.17, 15) is 4.79 Å². The van der Waals surface area contributed by atoms with Crippen LogP contribution in [0.1, 0.15) is 0 Å². The number of carbonyl (C=O) groups is 1. The fourth-order valence-electron chi connectivity index (χ4n) is 1.93. The highest BCUT2D eigenvalue weighted by atomic mass is 32.2. The van der Waals surface area contributed by atoms with Gasteiger partial charge in [0.15, 0.2) is 11.5 Å². The minimum Gasteiger partial charge on any atom is -0.486 e. The Morgan fingerprint density at radius 1 is 1.32 bits per heavy atom. The van der Waals surface area contributed by atoms with Crippen LogP contribution in [0.2, 0.25) is 0 Å². The highest BCUT2D eigenvalue weighted by Crippen LogP contribution is 2.37. The number of rotatable bonds is 3. The third-order valence-corrected chi connectivity index (χ3v) is 3.71. The Balaban J connectivity index is 2.05. The second-order valence-electron chi connectivity index (χ2n) is 4.02. The van der Waals surface area contributed by atoms with E-state index in [2.05, 4.69) is 4.98 Å².